The minimum absolute atomic E-state index is 0.0108. The average Bonchev–Trinajstić information content (AvgIpc) is 2.47. The van der Waals surface area contributed by atoms with Gasteiger partial charge in [0.1, 0.15) is 11.6 Å². The van der Waals surface area contributed by atoms with Crippen LogP contribution in [-0.2, 0) is 9.53 Å². The topological polar surface area (TPSA) is 94.4 Å². The van der Waals surface area contributed by atoms with Gasteiger partial charge in [-0.3, -0.25) is 4.79 Å². The van der Waals surface area contributed by atoms with E-state index in [1.165, 1.54) is 12.6 Å². The van der Waals surface area contributed by atoms with Crippen molar-refractivity contribution in [2.45, 2.75) is 38.1 Å². The Morgan fingerprint density at radius 3 is 2.75 bits per heavy atom. The van der Waals surface area contributed by atoms with E-state index in [1.807, 2.05) is 6.07 Å². The van der Waals surface area contributed by atoms with Gasteiger partial charge >= 0.3 is 0 Å². The van der Waals surface area contributed by atoms with Gasteiger partial charge in [-0.25, -0.2) is 0 Å². The lowest BCUT2D eigenvalue weighted by atomic mass is 9.95. The Kier molecular flexibility index (Phi) is 8.43. The van der Waals surface area contributed by atoms with Crippen LogP contribution in [0.1, 0.15) is 32.1 Å². The Bertz CT molecular complexity index is 357. The van der Waals surface area contributed by atoms with E-state index in [-0.39, 0.29) is 24.1 Å². The fraction of sp³-hybridized carbons (Fsp3) is 0.714. The highest BCUT2D eigenvalue weighted by Crippen LogP contribution is 2.17. The number of hydrogen-bond acceptors (Lipinski definition) is 5. The summed E-state index contributed by atoms with van der Waals surface area (Å²) < 4.78 is 5.06. The van der Waals surface area contributed by atoms with Crippen LogP contribution in [0, 0.1) is 11.3 Å². The highest BCUT2D eigenvalue weighted by Gasteiger charge is 2.17. The van der Waals surface area contributed by atoms with Crippen LogP contribution in [0.3, 0.4) is 0 Å². The van der Waals surface area contributed by atoms with Crippen molar-refractivity contribution < 1.29 is 14.6 Å². The van der Waals surface area contributed by atoms with E-state index in [2.05, 4.69) is 10.6 Å². The monoisotopic (exact) mass is 281 g/mol. The molecule has 1 aliphatic carbocycles. The molecule has 0 bridgehead atoms. The Morgan fingerprint density at radius 1 is 1.35 bits per heavy atom. The van der Waals surface area contributed by atoms with E-state index in [9.17, 15) is 4.79 Å². The number of hydrogen-bond donors (Lipinski definition) is 3. The molecule has 0 spiro atoms. The van der Waals surface area contributed by atoms with Crippen molar-refractivity contribution in [3.05, 3.63) is 11.8 Å². The van der Waals surface area contributed by atoms with Gasteiger partial charge in [-0.15, -0.1) is 0 Å². The maximum absolute atomic E-state index is 11.9. The van der Waals surface area contributed by atoms with E-state index in [1.54, 1.807) is 0 Å². The zero-order valence-corrected chi connectivity index (χ0v) is 11.7. The number of ether oxygens (including phenoxy) is 1. The van der Waals surface area contributed by atoms with E-state index >= 15 is 0 Å². The quantitative estimate of drug-likeness (QED) is 0.341. The lowest BCUT2D eigenvalue weighted by Crippen LogP contribution is -2.37. The summed E-state index contributed by atoms with van der Waals surface area (Å²) in [5, 5.41) is 23.3. The van der Waals surface area contributed by atoms with E-state index in [0.717, 1.165) is 25.7 Å². The van der Waals surface area contributed by atoms with Gasteiger partial charge in [-0.1, -0.05) is 19.3 Å². The highest BCUT2D eigenvalue weighted by atomic mass is 16.5. The molecule has 3 N–H and O–H groups in total. The van der Waals surface area contributed by atoms with Crippen molar-refractivity contribution in [2.24, 2.45) is 0 Å². The summed E-state index contributed by atoms with van der Waals surface area (Å²) in [5.74, 6) is -0.317. The molecule has 0 aromatic carbocycles. The van der Waals surface area contributed by atoms with Crippen LogP contribution in [0.25, 0.3) is 0 Å². The Labute approximate surface area is 119 Å². The summed E-state index contributed by atoms with van der Waals surface area (Å²) in [6.07, 6.45) is 6.90. The van der Waals surface area contributed by atoms with Crippen LogP contribution in [-0.4, -0.2) is 43.4 Å². The first-order valence-corrected chi connectivity index (χ1v) is 7.11. The third kappa shape index (κ3) is 6.55. The van der Waals surface area contributed by atoms with Crippen molar-refractivity contribution in [1.29, 1.82) is 5.26 Å². The minimum Gasteiger partial charge on any atom is -0.394 e. The van der Waals surface area contributed by atoms with Gasteiger partial charge in [0.25, 0.3) is 5.91 Å². The number of nitrogens with one attached hydrogen (secondary N) is 2. The molecule has 1 fully saturated rings. The van der Waals surface area contributed by atoms with Gasteiger partial charge in [-0.05, 0) is 12.8 Å². The van der Waals surface area contributed by atoms with Crippen LogP contribution >= 0.6 is 0 Å². The molecule has 0 radical (unpaired) electrons. The van der Waals surface area contributed by atoms with Crippen LogP contribution in [0.5, 0.6) is 0 Å². The predicted molar refractivity (Wildman–Crippen MR) is 74.6 cm³/mol. The smallest absolute Gasteiger partial charge is 0.263 e. The first kappa shape index (κ1) is 16.5. The molecule has 1 saturated carbocycles. The van der Waals surface area contributed by atoms with Crippen molar-refractivity contribution in [1.82, 2.24) is 10.6 Å². The lowest BCUT2D eigenvalue weighted by Gasteiger charge is -2.22. The number of carbonyl (C=O) groups is 1. The maximum atomic E-state index is 11.9. The maximum Gasteiger partial charge on any atom is 0.263 e. The molecule has 1 rings (SSSR count). The second-order valence-electron chi connectivity index (χ2n) is 4.77. The van der Waals surface area contributed by atoms with Crippen LogP contribution in [0.4, 0.5) is 0 Å². The minimum atomic E-state index is -0.317. The van der Waals surface area contributed by atoms with Gasteiger partial charge < -0.3 is 20.5 Å². The Balaban J connectivity index is 2.28. The SMILES string of the molecule is N#C/C(=C/NCCOCCO)C(=O)NC1CCCCC1. The zero-order chi connectivity index (χ0) is 14.6. The highest BCUT2D eigenvalue weighted by molar-refractivity contribution is 5.97. The Morgan fingerprint density at radius 2 is 2.10 bits per heavy atom. The summed E-state index contributed by atoms with van der Waals surface area (Å²) in [7, 11) is 0. The van der Waals surface area contributed by atoms with Crippen molar-refractivity contribution in [3.8, 4) is 6.07 Å². The lowest BCUT2D eigenvalue weighted by molar-refractivity contribution is -0.118. The van der Waals surface area contributed by atoms with Gasteiger partial charge in [-0.2, -0.15) is 5.26 Å². The number of aliphatic hydroxyl groups is 1. The number of carbonyl (C=O) groups excluding carboxylic acids is 1. The molecule has 1 aliphatic rings. The summed E-state index contributed by atoms with van der Waals surface area (Å²) in [6.45, 7) is 1.18. The van der Waals surface area contributed by atoms with Crippen LogP contribution in [0.15, 0.2) is 11.8 Å². The Hall–Kier alpha value is -1.58. The molecule has 1 amide bonds. The molecule has 0 saturated heterocycles. The van der Waals surface area contributed by atoms with E-state index < -0.39 is 0 Å². The largest absolute Gasteiger partial charge is 0.394 e. The van der Waals surface area contributed by atoms with Crippen molar-refractivity contribution >= 4 is 5.91 Å². The number of amides is 1. The molecule has 20 heavy (non-hydrogen) atoms. The molecule has 0 unspecified atom stereocenters. The van der Waals surface area contributed by atoms with Crippen LogP contribution < -0.4 is 10.6 Å². The van der Waals surface area contributed by atoms with E-state index in [4.69, 9.17) is 15.1 Å². The average molecular weight is 281 g/mol. The van der Waals surface area contributed by atoms with Crippen molar-refractivity contribution in [2.75, 3.05) is 26.4 Å². The van der Waals surface area contributed by atoms with Crippen LogP contribution in [0.2, 0.25) is 0 Å². The van der Waals surface area contributed by atoms with Gasteiger partial charge in [0, 0.05) is 18.8 Å². The molecule has 0 aromatic rings. The zero-order valence-electron chi connectivity index (χ0n) is 11.7. The normalized spacial score (nSPS) is 16.5. The van der Waals surface area contributed by atoms with Gasteiger partial charge in [0.2, 0.25) is 0 Å². The number of nitriles is 1. The molecule has 0 heterocycles. The molecule has 0 aliphatic heterocycles. The predicted octanol–water partition coefficient (Wildman–Crippen LogP) is 0.441. The summed E-state index contributed by atoms with van der Waals surface area (Å²) >= 11 is 0. The third-order valence-corrected chi connectivity index (χ3v) is 3.18. The third-order valence-electron chi connectivity index (χ3n) is 3.18. The second-order valence-corrected chi connectivity index (χ2v) is 4.77. The number of nitrogens with zero attached hydrogens (tertiary/aromatic N) is 1. The fourth-order valence-electron chi connectivity index (χ4n) is 2.13. The van der Waals surface area contributed by atoms with E-state index in [0.29, 0.717) is 19.8 Å². The molecular weight excluding hydrogens is 258 g/mol. The molecule has 0 aromatic heterocycles. The second kappa shape index (κ2) is 10.2. The number of rotatable bonds is 8. The molecule has 6 heteroatoms. The van der Waals surface area contributed by atoms with Gasteiger partial charge in [0.15, 0.2) is 0 Å². The standard InChI is InChI=1S/C14H23N3O3/c15-10-12(11-16-6-8-20-9-7-18)14(19)17-13-4-2-1-3-5-13/h11,13,16,18H,1-9H2,(H,17,19)/b12-11-. The molecule has 6 nitrogen and oxygen atoms in total. The molecule has 0 atom stereocenters. The first-order valence-electron chi connectivity index (χ1n) is 7.11. The van der Waals surface area contributed by atoms with Crippen molar-refractivity contribution in [3.63, 3.8) is 0 Å². The first-order chi connectivity index (χ1) is 9.77. The summed E-state index contributed by atoms with van der Waals surface area (Å²) in [4.78, 5) is 11.9. The number of aliphatic hydroxyl groups excluding tert-OH is 1. The molecule has 112 valence electrons. The molecular formula is C14H23N3O3. The summed E-state index contributed by atoms with van der Waals surface area (Å²) in [6, 6.07) is 2.09. The summed E-state index contributed by atoms with van der Waals surface area (Å²) in [5.41, 5.74) is 0.0812. The fourth-order valence-corrected chi connectivity index (χ4v) is 2.13. The van der Waals surface area contributed by atoms with Gasteiger partial charge in [0.05, 0.1) is 19.8 Å².